The van der Waals surface area contributed by atoms with Crippen molar-refractivity contribution in [2.24, 2.45) is 0 Å². The third kappa shape index (κ3) is 2.53. The third-order valence-corrected chi connectivity index (χ3v) is 1.18. The molecule has 0 heterocycles. The molecule has 0 N–H and O–H groups in total. The van der Waals surface area contributed by atoms with E-state index in [0.717, 1.165) is 0 Å². The Kier molecular flexibility index (Phi) is 4.29. The van der Waals surface area contributed by atoms with Crippen molar-refractivity contribution in [1.82, 2.24) is 0 Å². The van der Waals surface area contributed by atoms with E-state index in [0.29, 0.717) is 0 Å². The minimum absolute atomic E-state index is 0. The van der Waals surface area contributed by atoms with Gasteiger partial charge in [0.2, 0.25) is 0 Å². The van der Waals surface area contributed by atoms with Gasteiger partial charge in [0.1, 0.15) is 0 Å². The molecule has 0 radical (unpaired) electrons. The molecule has 0 saturated heterocycles. The number of benzene rings is 1. The summed E-state index contributed by atoms with van der Waals surface area (Å²) in [6.45, 7) is 0. The molecular weight excluding hydrogens is 110 g/mol. The van der Waals surface area contributed by atoms with E-state index in [4.69, 9.17) is 0 Å². The summed E-state index contributed by atoms with van der Waals surface area (Å²) in [4.78, 5) is 0. The molecule has 0 bridgehead atoms. The van der Waals surface area contributed by atoms with E-state index in [1.165, 1.54) is 5.30 Å². The van der Waals surface area contributed by atoms with Crippen LogP contribution < -0.4 is 5.30 Å². The predicted octanol–water partition coefficient (Wildman–Crippen LogP) is 0.538. The fourth-order valence-electron chi connectivity index (χ4n) is 0.453. The molecule has 0 amide bonds. The van der Waals surface area contributed by atoms with E-state index in [2.05, 4.69) is 9.24 Å². The van der Waals surface area contributed by atoms with Crippen molar-refractivity contribution in [3.05, 3.63) is 30.3 Å². The Labute approximate surface area is 64.1 Å². The number of hydrogen-bond acceptors (Lipinski definition) is 0. The molecule has 0 fully saturated rings. The van der Waals surface area contributed by atoms with Crippen LogP contribution in [0.25, 0.3) is 0 Å². The van der Waals surface area contributed by atoms with Crippen molar-refractivity contribution in [1.29, 1.82) is 0 Å². The zero-order valence-electron chi connectivity index (χ0n) is 3.96. The first-order chi connectivity index (χ1) is 3.39. The first kappa shape index (κ1) is 8.25. The minimum atomic E-state index is 0. The fraction of sp³-hybridized carbons (Fsp3) is 0. The van der Waals surface area contributed by atoms with Crippen molar-refractivity contribution in [2.45, 2.75) is 0 Å². The molecule has 1 aromatic rings. The Hall–Kier alpha value is 0.247. The third-order valence-electron chi connectivity index (χ3n) is 0.800. The van der Waals surface area contributed by atoms with Crippen LogP contribution in [0.3, 0.4) is 0 Å². The van der Waals surface area contributed by atoms with Crippen molar-refractivity contribution >= 4 is 33.4 Å². The van der Waals surface area contributed by atoms with Gasteiger partial charge in [0.25, 0.3) is 0 Å². The van der Waals surface area contributed by atoms with E-state index >= 15 is 0 Å². The zero-order valence-corrected chi connectivity index (χ0v) is 5.12. The first-order valence-corrected chi connectivity index (χ1v) is 2.78. The molecule has 0 aliphatic heterocycles. The maximum atomic E-state index is 2.63. The van der Waals surface area contributed by atoms with Crippen LogP contribution in [0.1, 0.15) is 0 Å². The molecule has 1 atom stereocenters. The van der Waals surface area contributed by atoms with Gasteiger partial charge in [-0.15, -0.1) is 9.24 Å². The van der Waals surface area contributed by atoms with E-state index < -0.39 is 0 Å². The van der Waals surface area contributed by atoms with Gasteiger partial charge in [0.05, 0.1) is 0 Å². The van der Waals surface area contributed by atoms with E-state index in [1.807, 2.05) is 30.3 Å². The molecule has 8 heavy (non-hydrogen) atoms. The van der Waals surface area contributed by atoms with Crippen LogP contribution in [0.5, 0.6) is 0 Å². The van der Waals surface area contributed by atoms with E-state index in [-0.39, 0.29) is 18.9 Å². The Morgan fingerprint density at radius 3 is 1.75 bits per heavy atom. The van der Waals surface area contributed by atoms with Crippen molar-refractivity contribution in [3.63, 3.8) is 0 Å². The summed E-state index contributed by atoms with van der Waals surface area (Å²) >= 11 is 0. The van der Waals surface area contributed by atoms with E-state index in [1.54, 1.807) is 0 Å². The molecule has 1 unspecified atom stereocenters. The summed E-state index contributed by atoms with van der Waals surface area (Å²) in [6.07, 6.45) is 0. The normalized spacial score (nSPS) is 7.62. The molecule has 0 spiro atoms. The van der Waals surface area contributed by atoms with Gasteiger partial charge in [-0.25, -0.2) is 0 Å². The molecule has 0 aliphatic rings. The van der Waals surface area contributed by atoms with Crippen LogP contribution in [-0.4, -0.2) is 18.9 Å². The monoisotopic (exact) mass is 118 g/mol. The quantitative estimate of drug-likeness (QED) is 0.344. The molecule has 0 saturated carbocycles. The second kappa shape index (κ2) is 4.16. The topological polar surface area (TPSA) is 0 Å². The molecular formula is C6H8LiP. The van der Waals surface area contributed by atoms with Gasteiger partial charge >= 0.3 is 18.9 Å². The van der Waals surface area contributed by atoms with Crippen LogP contribution in [0.15, 0.2) is 30.3 Å². The molecule has 1 aromatic carbocycles. The molecule has 1 rings (SSSR count). The van der Waals surface area contributed by atoms with Gasteiger partial charge < -0.3 is 0 Å². The summed E-state index contributed by atoms with van der Waals surface area (Å²) in [6, 6.07) is 10.1. The molecule has 0 aromatic heterocycles. The average molecular weight is 118 g/mol. The second-order valence-corrected chi connectivity index (χ2v) is 2.08. The van der Waals surface area contributed by atoms with Crippen LogP contribution in [0.2, 0.25) is 0 Å². The van der Waals surface area contributed by atoms with E-state index in [9.17, 15) is 0 Å². The second-order valence-electron chi connectivity index (χ2n) is 1.41. The zero-order chi connectivity index (χ0) is 5.11. The Morgan fingerprint density at radius 2 is 1.50 bits per heavy atom. The van der Waals surface area contributed by atoms with Crippen LogP contribution >= 0.6 is 9.24 Å². The number of rotatable bonds is 0. The van der Waals surface area contributed by atoms with Gasteiger partial charge in [-0.05, 0) is 5.30 Å². The average Bonchev–Trinajstić information content (AvgIpc) is 1.69. The number of hydrogen-bond donors (Lipinski definition) is 0. The summed E-state index contributed by atoms with van der Waals surface area (Å²) < 4.78 is 0. The van der Waals surface area contributed by atoms with Crippen molar-refractivity contribution in [3.8, 4) is 0 Å². The van der Waals surface area contributed by atoms with Gasteiger partial charge in [0.15, 0.2) is 0 Å². The Morgan fingerprint density at radius 1 is 1.00 bits per heavy atom. The van der Waals surface area contributed by atoms with Gasteiger partial charge in [-0.1, -0.05) is 30.3 Å². The summed E-state index contributed by atoms with van der Waals surface area (Å²) in [5.74, 6) is 0. The Balaban J connectivity index is 0.000000490. The van der Waals surface area contributed by atoms with Gasteiger partial charge in [-0.2, -0.15) is 0 Å². The first-order valence-electron chi connectivity index (χ1n) is 2.20. The fourth-order valence-corrected chi connectivity index (χ4v) is 0.675. The summed E-state index contributed by atoms with van der Waals surface area (Å²) in [5, 5.41) is 1.24. The standard InChI is InChI=1S/C6H7P.Li.H/c7-6-4-2-1-3-5-6;;/h1-5H,7H2;;. The predicted molar refractivity (Wildman–Crippen MR) is 42.9 cm³/mol. The molecule has 0 aliphatic carbocycles. The van der Waals surface area contributed by atoms with Crippen molar-refractivity contribution < 1.29 is 0 Å². The summed E-state index contributed by atoms with van der Waals surface area (Å²) in [5.41, 5.74) is 0. The maximum absolute atomic E-state index is 2.63. The SMILES string of the molecule is Pc1ccccc1.[LiH]. The van der Waals surface area contributed by atoms with Crippen LogP contribution in [0, 0.1) is 0 Å². The van der Waals surface area contributed by atoms with Gasteiger partial charge in [-0.3, -0.25) is 0 Å². The van der Waals surface area contributed by atoms with Crippen molar-refractivity contribution in [2.75, 3.05) is 0 Å². The van der Waals surface area contributed by atoms with Crippen LogP contribution in [0.4, 0.5) is 0 Å². The Bertz CT molecular complexity index is 138. The van der Waals surface area contributed by atoms with Gasteiger partial charge in [0, 0.05) is 0 Å². The molecule has 2 heteroatoms. The van der Waals surface area contributed by atoms with Crippen LogP contribution in [-0.2, 0) is 0 Å². The summed E-state index contributed by atoms with van der Waals surface area (Å²) in [7, 11) is 2.63. The molecule has 38 valence electrons. The molecule has 0 nitrogen and oxygen atoms in total.